The fourth-order valence-corrected chi connectivity index (χ4v) is 3.89. The Bertz CT molecular complexity index is 1180. The zero-order valence-corrected chi connectivity index (χ0v) is 16.5. The van der Waals surface area contributed by atoms with Gasteiger partial charge in [0, 0.05) is 23.2 Å². The summed E-state index contributed by atoms with van der Waals surface area (Å²) in [7, 11) is 0. The summed E-state index contributed by atoms with van der Waals surface area (Å²) in [6.07, 6.45) is 3.54. The lowest BCUT2D eigenvalue weighted by Gasteiger charge is -2.10. The molecule has 5 nitrogen and oxygen atoms in total. The minimum Gasteiger partial charge on any atom is -0.279 e. The maximum absolute atomic E-state index is 12.9. The summed E-state index contributed by atoms with van der Waals surface area (Å²) in [6.45, 7) is 3.95. The standard InChI is InChI=1S/C20H17ClN4OS/c1-13-6-8-15(9-7-13)12-27-20-23-22-18-19(26)24(10-11-25(18)20)17-5-3-4-16(21)14(17)2/h3-11H,12H2,1-2H3. The molecule has 0 atom stereocenters. The number of fused-ring (bicyclic) bond motifs is 1. The Balaban J connectivity index is 1.68. The van der Waals surface area contributed by atoms with Crippen LogP contribution in [0.2, 0.25) is 5.02 Å². The number of aryl methyl sites for hydroxylation is 1. The number of nitrogens with zero attached hydrogens (tertiary/aromatic N) is 4. The molecule has 0 aliphatic rings. The zero-order chi connectivity index (χ0) is 19.0. The van der Waals surface area contributed by atoms with Crippen molar-refractivity contribution in [2.75, 3.05) is 0 Å². The van der Waals surface area contributed by atoms with E-state index in [9.17, 15) is 4.79 Å². The lowest BCUT2D eigenvalue weighted by atomic mass is 10.2. The molecule has 0 N–H and O–H groups in total. The van der Waals surface area contributed by atoms with Crippen LogP contribution in [0.3, 0.4) is 0 Å². The van der Waals surface area contributed by atoms with Crippen molar-refractivity contribution in [1.29, 1.82) is 0 Å². The first-order valence-corrected chi connectivity index (χ1v) is 9.81. The number of aromatic nitrogens is 4. The Morgan fingerprint density at radius 3 is 2.59 bits per heavy atom. The van der Waals surface area contributed by atoms with Crippen LogP contribution in [-0.2, 0) is 5.75 Å². The van der Waals surface area contributed by atoms with Crippen molar-refractivity contribution in [3.63, 3.8) is 0 Å². The summed E-state index contributed by atoms with van der Waals surface area (Å²) in [5.41, 5.74) is 4.09. The van der Waals surface area contributed by atoms with Crippen LogP contribution in [0.4, 0.5) is 0 Å². The third-order valence-electron chi connectivity index (χ3n) is 4.43. The van der Waals surface area contributed by atoms with E-state index in [4.69, 9.17) is 11.6 Å². The summed E-state index contributed by atoms with van der Waals surface area (Å²) in [4.78, 5) is 12.9. The van der Waals surface area contributed by atoms with Crippen LogP contribution in [0, 0.1) is 13.8 Å². The summed E-state index contributed by atoms with van der Waals surface area (Å²) in [5.74, 6) is 0.761. The van der Waals surface area contributed by atoms with Gasteiger partial charge in [0.25, 0.3) is 0 Å². The van der Waals surface area contributed by atoms with Gasteiger partial charge in [0.1, 0.15) is 0 Å². The average molecular weight is 397 g/mol. The molecule has 0 saturated heterocycles. The molecule has 2 heterocycles. The molecule has 2 aromatic heterocycles. The fourth-order valence-electron chi connectivity index (χ4n) is 2.84. The van der Waals surface area contributed by atoms with Gasteiger partial charge < -0.3 is 0 Å². The second kappa shape index (κ2) is 7.21. The average Bonchev–Trinajstić information content (AvgIpc) is 3.08. The molecule has 136 valence electrons. The lowest BCUT2D eigenvalue weighted by Crippen LogP contribution is -2.21. The molecule has 0 fully saturated rings. The Hall–Kier alpha value is -2.57. The molecule has 0 radical (unpaired) electrons. The van der Waals surface area contributed by atoms with E-state index in [2.05, 4.69) is 41.4 Å². The van der Waals surface area contributed by atoms with Gasteiger partial charge in [0.15, 0.2) is 5.16 Å². The van der Waals surface area contributed by atoms with Gasteiger partial charge in [-0.2, -0.15) is 0 Å². The van der Waals surface area contributed by atoms with Crippen LogP contribution < -0.4 is 5.56 Å². The normalized spacial score (nSPS) is 11.2. The van der Waals surface area contributed by atoms with Crippen molar-refractivity contribution in [1.82, 2.24) is 19.2 Å². The molecule has 2 aromatic carbocycles. The molecule has 0 bridgehead atoms. The van der Waals surface area contributed by atoms with Gasteiger partial charge in [-0.1, -0.05) is 59.3 Å². The minimum absolute atomic E-state index is 0.224. The smallest absolute Gasteiger partial charge is 0.279 e. The van der Waals surface area contributed by atoms with Crippen LogP contribution in [0.25, 0.3) is 11.3 Å². The highest BCUT2D eigenvalue weighted by Gasteiger charge is 2.13. The molecule has 27 heavy (non-hydrogen) atoms. The fraction of sp³-hybridized carbons (Fsp3) is 0.150. The molecule has 7 heteroatoms. The van der Waals surface area contributed by atoms with Gasteiger partial charge in [-0.15, -0.1) is 10.2 Å². The van der Waals surface area contributed by atoms with Gasteiger partial charge in [-0.05, 0) is 37.1 Å². The minimum atomic E-state index is -0.224. The number of halogens is 1. The predicted octanol–water partition coefficient (Wildman–Crippen LogP) is 4.44. The van der Waals surface area contributed by atoms with E-state index in [1.54, 1.807) is 33.0 Å². The molecular formula is C20H17ClN4OS. The Morgan fingerprint density at radius 1 is 1.04 bits per heavy atom. The largest absolute Gasteiger partial charge is 0.300 e. The number of hydrogen-bond acceptors (Lipinski definition) is 4. The van der Waals surface area contributed by atoms with Crippen molar-refractivity contribution in [3.05, 3.63) is 86.9 Å². The maximum Gasteiger partial charge on any atom is 0.300 e. The molecule has 0 amide bonds. The molecule has 0 unspecified atom stereocenters. The van der Waals surface area contributed by atoms with Crippen LogP contribution in [0.5, 0.6) is 0 Å². The van der Waals surface area contributed by atoms with E-state index in [-0.39, 0.29) is 5.56 Å². The van der Waals surface area contributed by atoms with Crippen LogP contribution in [-0.4, -0.2) is 19.2 Å². The zero-order valence-electron chi connectivity index (χ0n) is 14.9. The Kier molecular flexibility index (Phi) is 4.76. The van der Waals surface area contributed by atoms with Crippen LogP contribution in [0.15, 0.2) is 64.8 Å². The number of thioether (sulfide) groups is 1. The number of hydrogen-bond donors (Lipinski definition) is 0. The summed E-state index contributed by atoms with van der Waals surface area (Å²) >= 11 is 7.75. The van der Waals surface area contributed by atoms with Gasteiger partial charge in [0.2, 0.25) is 5.65 Å². The molecule has 4 aromatic rings. The van der Waals surface area contributed by atoms with Gasteiger partial charge in [-0.3, -0.25) is 13.8 Å². The second-order valence-electron chi connectivity index (χ2n) is 6.31. The molecular weight excluding hydrogens is 380 g/mol. The molecule has 0 saturated carbocycles. The van der Waals surface area contributed by atoms with E-state index in [0.717, 1.165) is 17.0 Å². The lowest BCUT2D eigenvalue weighted by molar-refractivity contribution is 0.890. The molecule has 0 aliphatic heterocycles. The Labute approximate surface area is 165 Å². The summed E-state index contributed by atoms with van der Waals surface area (Å²) in [6, 6.07) is 13.9. The summed E-state index contributed by atoms with van der Waals surface area (Å²) in [5, 5.41) is 9.62. The summed E-state index contributed by atoms with van der Waals surface area (Å²) < 4.78 is 3.29. The van der Waals surface area contributed by atoms with Crippen molar-refractivity contribution >= 4 is 29.0 Å². The predicted molar refractivity (Wildman–Crippen MR) is 109 cm³/mol. The van der Waals surface area contributed by atoms with E-state index < -0.39 is 0 Å². The topological polar surface area (TPSA) is 52.2 Å². The maximum atomic E-state index is 12.9. The monoisotopic (exact) mass is 396 g/mol. The van der Waals surface area contributed by atoms with E-state index in [1.807, 2.05) is 25.3 Å². The first-order chi connectivity index (χ1) is 13.0. The van der Waals surface area contributed by atoms with Crippen LogP contribution >= 0.6 is 23.4 Å². The second-order valence-corrected chi connectivity index (χ2v) is 7.66. The van der Waals surface area contributed by atoms with Gasteiger partial charge in [0.05, 0.1) is 5.69 Å². The van der Waals surface area contributed by atoms with Crippen molar-refractivity contribution in [2.24, 2.45) is 0 Å². The molecule has 0 spiro atoms. The van der Waals surface area contributed by atoms with Crippen LogP contribution in [0.1, 0.15) is 16.7 Å². The molecule has 4 rings (SSSR count). The Morgan fingerprint density at radius 2 is 1.81 bits per heavy atom. The number of rotatable bonds is 4. The van der Waals surface area contributed by atoms with Crippen molar-refractivity contribution in [2.45, 2.75) is 24.8 Å². The van der Waals surface area contributed by atoms with Gasteiger partial charge in [-0.25, -0.2) is 0 Å². The molecule has 0 aliphatic carbocycles. The first kappa shape index (κ1) is 17.8. The van der Waals surface area contributed by atoms with E-state index in [0.29, 0.717) is 15.8 Å². The highest BCUT2D eigenvalue weighted by molar-refractivity contribution is 7.98. The third-order valence-corrected chi connectivity index (χ3v) is 5.85. The number of benzene rings is 2. The van der Waals surface area contributed by atoms with E-state index in [1.165, 1.54) is 11.1 Å². The highest BCUT2D eigenvalue weighted by atomic mass is 35.5. The van der Waals surface area contributed by atoms with Gasteiger partial charge >= 0.3 is 5.56 Å². The van der Waals surface area contributed by atoms with E-state index >= 15 is 0 Å². The quantitative estimate of drug-likeness (QED) is 0.478. The highest BCUT2D eigenvalue weighted by Crippen LogP contribution is 2.23. The SMILES string of the molecule is Cc1ccc(CSc2nnc3c(=O)n(-c4cccc(Cl)c4C)ccn23)cc1. The first-order valence-electron chi connectivity index (χ1n) is 8.45. The van der Waals surface area contributed by atoms with Crippen molar-refractivity contribution < 1.29 is 0 Å². The van der Waals surface area contributed by atoms with Crippen molar-refractivity contribution in [3.8, 4) is 5.69 Å². The third kappa shape index (κ3) is 3.38.